The molecule has 0 radical (unpaired) electrons. The minimum atomic E-state index is 1.07. The molecule has 0 bridgehead atoms. The van der Waals surface area contributed by atoms with E-state index in [0.29, 0.717) is 0 Å². The maximum absolute atomic E-state index is 2.31. The van der Waals surface area contributed by atoms with Gasteiger partial charge in [-0.3, -0.25) is 0 Å². The van der Waals surface area contributed by atoms with Crippen LogP contribution >= 0.6 is 0 Å². The summed E-state index contributed by atoms with van der Waals surface area (Å²) in [5, 5.41) is 0. The number of rotatable bonds is 1. The third-order valence-electron chi connectivity index (χ3n) is 4.65. The molecule has 1 aliphatic rings. The van der Waals surface area contributed by atoms with E-state index in [9.17, 15) is 0 Å². The van der Waals surface area contributed by atoms with Crippen LogP contribution in [-0.2, 0) is 6.42 Å². The molecule has 21 heavy (non-hydrogen) atoms. The Morgan fingerprint density at radius 3 is 2.14 bits per heavy atom. The van der Waals surface area contributed by atoms with Gasteiger partial charge in [0.25, 0.3) is 0 Å². The zero-order valence-corrected chi connectivity index (χ0v) is 12.5. The molecule has 3 aromatic carbocycles. The summed E-state index contributed by atoms with van der Waals surface area (Å²) >= 11 is 0. The maximum Gasteiger partial charge on any atom is -0.00133 e. The zero-order chi connectivity index (χ0) is 14.4. The summed E-state index contributed by atoms with van der Waals surface area (Å²) in [7, 11) is 0. The van der Waals surface area contributed by atoms with Gasteiger partial charge in [-0.15, -0.1) is 0 Å². The second kappa shape index (κ2) is 4.60. The summed E-state index contributed by atoms with van der Waals surface area (Å²) in [6.07, 6.45) is 1.07. The highest BCUT2D eigenvalue weighted by atomic mass is 14.2. The molecule has 0 heterocycles. The number of hydrogen-bond acceptors (Lipinski definition) is 0. The van der Waals surface area contributed by atoms with E-state index in [-0.39, 0.29) is 0 Å². The Labute approximate surface area is 126 Å². The van der Waals surface area contributed by atoms with Crippen LogP contribution in [0.1, 0.15) is 22.3 Å². The molecule has 0 heteroatoms. The van der Waals surface area contributed by atoms with Crippen LogP contribution in [0.5, 0.6) is 0 Å². The van der Waals surface area contributed by atoms with Gasteiger partial charge in [-0.25, -0.2) is 0 Å². The number of fused-ring (bicyclic) bond motifs is 3. The van der Waals surface area contributed by atoms with Crippen LogP contribution in [0.15, 0.2) is 60.7 Å². The van der Waals surface area contributed by atoms with Gasteiger partial charge >= 0.3 is 0 Å². The highest BCUT2D eigenvalue weighted by Gasteiger charge is 2.21. The van der Waals surface area contributed by atoms with Crippen LogP contribution in [0, 0.1) is 13.8 Å². The largest absolute Gasteiger partial charge is 0.0620 e. The van der Waals surface area contributed by atoms with E-state index in [2.05, 4.69) is 74.5 Å². The summed E-state index contributed by atoms with van der Waals surface area (Å²) in [5.41, 5.74) is 11.2. The third kappa shape index (κ3) is 1.83. The zero-order valence-electron chi connectivity index (χ0n) is 12.5. The van der Waals surface area contributed by atoms with Gasteiger partial charge < -0.3 is 0 Å². The standard InChI is InChI=1S/C21H18/c1-14-7-3-5-9-18(14)19-12-11-17-13-16-8-4-6-10-20(16)21(17)15(19)2/h3-12H,13H2,1-2H3. The lowest BCUT2D eigenvalue weighted by molar-refractivity contribution is 1.26. The SMILES string of the molecule is Cc1ccccc1-c1ccc2c(c1C)-c1ccccc1C2. The fourth-order valence-corrected chi connectivity index (χ4v) is 3.58. The number of hydrogen-bond donors (Lipinski definition) is 0. The Bertz CT molecular complexity index is 840. The molecule has 0 spiro atoms. The predicted molar refractivity (Wildman–Crippen MR) is 89.6 cm³/mol. The second-order valence-corrected chi connectivity index (χ2v) is 5.92. The van der Waals surface area contributed by atoms with E-state index in [4.69, 9.17) is 0 Å². The van der Waals surface area contributed by atoms with E-state index in [1.807, 2.05) is 0 Å². The van der Waals surface area contributed by atoms with Gasteiger partial charge in [-0.05, 0) is 64.8 Å². The Hall–Kier alpha value is -2.34. The average molecular weight is 270 g/mol. The Balaban J connectivity index is 1.98. The Morgan fingerprint density at radius 1 is 0.619 bits per heavy atom. The van der Waals surface area contributed by atoms with E-state index < -0.39 is 0 Å². The molecule has 102 valence electrons. The molecular formula is C21H18. The van der Waals surface area contributed by atoms with Gasteiger partial charge in [-0.1, -0.05) is 60.7 Å². The van der Waals surface area contributed by atoms with Crippen LogP contribution in [0.3, 0.4) is 0 Å². The van der Waals surface area contributed by atoms with Crippen molar-refractivity contribution in [2.24, 2.45) is 0 Å². The molecule has 4 rings (SSSR count). The molecule has 0 amide bonds. The molecule has 1 aliphatic carbocycles. The van der Waals surface area contributed by atoms with E-state index in [1.54, 1.807) is 0 Å². The molecule has 0 unspecified atom stereocenters. The van der Waals surface area contributed by atoms with Crippen LogP contribution in [0.2, 0.25) is 0 Å². The van der Waals surface area contributed by atoms with Crippen molar-refractivity contribution in [2.75, 3.05) is 0 Å². The highest BCUT2D eigenvalue weighted by Crippen LogP contribution is 2.42. The number of aryl methyl sites for hydroxylation is 1. The Morgan fingerprint density at radius 2 is 1.33 bits per heavy atom. The van der Waals surface area contributed by atoms with Gasteiger partial charge in [0.1, 0.15) is 0 Å². The monoisotopic (exact) mass is 270 g/mol. The first-order valence-electron chi connectivity index (χ1n) is 7.52. The lowest BCUT2D eigenvalue weighted by Crippen LogP contribution is -1.91. The molecule has 0 aliphatic heterocycles. The summed E-state index contributed by atoms with van der Waals surface area (Å²) in [5.74, 6) is 0. The van der Waals surface area contributed by atoms with Gasteiger partial charge in [0.2, 0.25) is 0 Å². The van der Waals surface area contributed by atoms with Gasteiger partial charge in [-0.2, -0.15) is 0 Å². The second-order valence-electron chi connectivity index (χ2n) is 5.92. The van der Waals surface area contributed by atoms with Crippen molar-refractivity contribution >= 4 is 0 Å². The molecule has 0 N–H and O–H groups in total. The minimum Gasteiger partial charge on any atom is -0.0620 e. The molecule has 0 nitrogen and oxygen atoms in total. The predicted octanol–water partition coefficient (Wildman–Crippen LogP) is 5.54. The molecule has 0 saturated heterocycles. The third-order valence-corrected chi connectivity index (χ3v) is 4.65. The van der Waals surface area contributed by atoms with Crippen molar-refractivity contribution in [1.82, 2.24) is 0 Å². The quantitative estimate of drug-likeness (QED) is 0.426. The van der Waals surface area contributed by atoms with Crippen LogP contribution in [-0.4, -0.2) is 0 Å². The molecule has 0 aromatic heterocycles. The number of benzene rings is 3. The maximum atomic E-state index is 2.31. The van der Waals surface area contributed by atoms with Crippen molar-refractivity contribution < 1.29 is 0 Å². The summed E-state index contributed by atoms with van der Waals surface area (Å²) in [4.78, 5) is 0. The van der Waals surface area contributed by atoms with Crippen molar-refractivity contribution in [3.8, 4) is 22.3 Å². The summed E-state index contributed by atoms with van der Waals surface area (Å²) in [6, 6.07) is 22.1. The molecule has 3 aromatic rings. The molecular weight excluding hydrogens is 252 g/mol. The lowest BCUT2D eigenvalue weighted by atomic mass is 9.90. The van der Waals surface area contributed by atoms with Crippen molar-refractivity contribution in [3.05, 3.63) is 82.9 Å². The summed E-state index contributed by atoms with van der Waals surface area (Å²) < 4.78 is 0. The normalized spacial score (nSPS) is 12.1. The van der Waals surface area contributed by atoms with Gasteiger partial charge in [0, 0.05) is 0 Å². The topological polar surface area (TPSA) is 0 Å². The molecule has 0 atom stereocenters. The van der Waals surface area contributed by atoms with Crippen molar-refractivity contribution in [1.29, 1.82) is 0 Å². The van der Waals surface area contributed by atoms with Crippen LogP contribution < -0.4 is 0 Å². The van der Waals surface area contributed by atoms with E-state index in [0.717, 1.165) is 6.42 Å². The lowest BCUT2D eigenvalue weighted by Gasteiger charge is -2.14. The fraction of sp³-hybridized carbons (Fsp3) is 0.143. The fourth-order valence-electron chi connectivity index (χ4n) is 3.58. The Kier molecular flexibility index (Phi) is 2.71. The van der Waals surface area contributed by atoms with E-state index in [1.165, 1.54) is 44.5 Å². The van der Waals surface area contributed by atoms with Crippen molar-refractivity contribution in [3.63, 3.8) is 0 Å². The van der Waals surface area contributed by atoms with Gasteiger partial charge in [0.05, 0.1) is 0 Å². The molecule has 0 saturated carbocycles. The van der Waals surface area contributed by atoms with Crippen LogP contribution in [0.4, 0.5) is 0 Å². The minimum absolute atomic E-state index is 1.07. The smallest absolute Gasteiger partial charge is 0.00133 e. The van der Waals surface area contributed by atoms with E-state index >= 15 is 0 Å². The first-order chi connectivity index (χ1) is 10.3. The summed E-state index contributed by atoms with van der Waals surface area (Å²) in [6.45, 7) is 4.46. The van der Waals surface area contributed by atoms with Gasteiger partial charge in [0.15, 0.2) is 0 Å². The first kappa shape index (κ1) is 12.4. The first-order valence-corrected chi connectivity index (χ1v) is 7.52. The average Bonchev–Trinajstić information content (AvgIpc) is 2.88. The van der Waals surface area contributed by atoms with Crippen molar-refractivity contribution in [2.45, 2.75) is 20.3 Å². The highest BCUT2D eigenvalue weighted by molar-refractivity contribution is 5.86. The molecule has 0 fully saturated rings. The van der Waals surface area contributed by atoms with Crippen LogP contribution in [0.25, 0.3) is 22.3 Å².